The smallest absolute Gasteiger partial charge is 0.326 e. The summed E-state index contributed by atoms with van der Waals surface area (Å²) in [7, 11) is 0. The number of fused-ring (bicyclic) bond motifs is 2. The predicted octanol–water partition coefficient (Wildman–Crippen LogP) is 1.84. The van der Waals surface area contributed by atoms with Gasteiger partial charge in [0.1, 0.15) is 12.1 Å². The van der Waals surface area contributed by atoms with Crippen LogP contribution in [0.1, 0.15) is 18.1 Å². The molecule has 0 saturated carbocycles. The minimum absolute atomic E-state index is 0.0894. The zero-order chi connectivity index (χ0) is 24.2. The number of carboxylic acids is 1. The van der Waals surface area contributed by atoms with Crippen molar-refractivity contribution in [1.82, 2.24) is 20.6 Å². The molecule has 2 aromatic heterocycles. The lowest BCUT2D eigenvalue weighted by atomic mass is 10.0. The molecule has 3 atom stereocenters. The van der Waals surface area contributed by atoms with Gasteiger partial charge >= 0.3 is 5.97 Å². The molecule has 2 amide bonds. The van der Waals surface area contributed by atoms with E-state index in [-0.39, 0.29) is 12.8 Å². The van der Waals surface area contributed by atoms with Crippen molar-refractivity contribution in [1.29, 1.82) is 0 Å². The lowest BCUT2D eigenvalue weighted by Crippen LogP contribution is -2.55. The van der Waals surface area contributed by atoms with E-state index in [1.54, 1.807) is 12.4 Å². The predicted molar refractivity (Wildman–Crippen MR) is 129 cm³/mol. The fourth-order valence-electron chi connectivity index (χ4n) is 4.03. The number of H-pyrrole nitrogens is 2. The number of para-hydroxylation sites is 2. The molecule has 2 heterocycles. The second kappa shape index (κ2) is 9.80. The number of aromatic nitrogens is 2. The van der Waals surface area contributed by atoms with Gasteiger partial charge in [-0.25, -0.2) is 4.79 Å². The van der Waals surface area contributed by atoms with Crippen LogP contribution in [0, 0.1) is 0 Å². The summed E-state index contributed by atoms with van der Waals surface area (Å²) in [4.78, 5) is 43.8. The Labute approximate surface area is 195 Å². The first-order chi connectivity index (χ1) is 16.3. The molecule has 4 rings (SSSR count). The van der Waals surface area contributed by atoms with Crippen molar-refractivity contribution in [3.05, 3.63) is 72.1 Å². The lowest BCUT2D eigenvalue weighted by Gasteiger charge is -2.22. The Morgan fingerprint density at radius 2 is 1.29 bits per heavy atom. The molecule has 0 aliphatic carbocycles. The average Bonchev–Trinajstić information content (AvgIpc) is 3.42. The van der Waals surface area contributed by atoms with Crippen molar-refractivity contribution < 1.29 is 19.5 Å². The highest BCUT2D eigenvalue weighted by atomic mass is 16.4. The Morgan fingerprint density at radius 3 is 1.79 bits per heavy atom. The number of hydrogen-bond donors (Lipinski definition) is 6. The number of carbonyl (C=O) groups is 3. The summed E-state index contributed by atoms with van der Waals surface area (Å²) < 4.78 is 0. The van der Waals surface area contributed by atoms with Crippen LogP contribution in [-0.4, -0.2) is 51.0 Å². The van der Waals surface area contributed by atoms with Gasteiger partial charge in [0.05, 0.1) is 6.04 Å². The Bertz CT molecular complexity index is 1340. The van der Waals surface area contributed by atoms with Crippen LogP contribution >= 0.6 is 0 Å². The molecule has 34 heavy (non-hydrogen) atoms. The van der Waals surface area contributed by atoms with E-state index < -0.39 is 35.9 Å². The molecule has 0 spiro atoms. The molecule has 0 aliphatic rings. The average molecular weight is 462 g/mol. The molecule has 9 heteroatoms. The first-order valence-electron chi connectivity index (χ1n) is 11.0. The Balaban J connectivity index is 1.56. The number of nitrogens with two attached hydrogens (primary N) is 1. The third-order valence-corrected chi connectivity index (χ3v) is 5.86. The van der Waals surface area contributed by atoms with Crippen molar-refractivity contribution >= 4 is 39.6 Å². The van der Waals surface area contributed by atoms with E-state index in [9.17, 15) is 19.5 Å². The maximum atomic E-state index is 13.2. The number of amides is 2. The molecule has 4 aromatic rings. The van der Waals surface area contributed by atoms with Crippen molar-refractivity contribution in [2.45, 2.75) is 37.9 Å². The zero-order valence-electron chi connectivity index (χ0n) is 18.7. The summed E-state index contributed by atoms with van der Waals surface area (Å²) >= 11 is 0. The number of benzene rings is 2. The summed E-state index contributed by atoms with van der Waals surface area (Å²) in [5.74, 6) is -2.25. The Morgan fingerprint density at radius 1 is 0.824 bits per heavy atom. The zero-order valence-corrected chi connectivity index (χ0v) is 18.7. The summed E-state index contributed by atoms with van der Waals surface area (Å²) in [5, 5.41) is 16.9. The molecular weight excluding hydrogens is 434 g/mol. The number of rotatable bonds is 9. The van der Waals surface area contributed by atoms with Crippen LogP contribution in [0.4, 0.5) is 0 Å². The Hall–Kier alpha value is -4.11. The van der Waals surface area contributed by atoms with E-state index in [2.05, 4.69) is 20.6 Å². The molecule has 0 radical (unpaired) electrons. The van der Waals surface area contributed by atoms with E-state index in [0.29, 0.717) is 0 Å². The summed E-state index contributed by atoms with van der Waals surface area (Å²) in [6, 6.07) is 12.2. The van der Waals surface area contributed by atoms with Crippen LogP contribution in [-0.2, 0) is 27.2 Å². The van der Waals surface area contributed by atoms with Gasteiger partial charge in [0.2, 0.25) is 11.8 Å². The number of carboxylic acid groups (broad SMARTS) is 1. The Kier molecular flexibility index (Phi) is 6.65. The van der Waals surface area contributed by atoms with Gasteiger partial charge in [-0.2, -0.15) is 0 Å². The quantitative estimate of drug-likeness (QED) is 0.225. The van der Waals surface area contributed by atoms with Crippen LogP contribution in [0.2, 0.25) is 0 Å². The molecule has 9 nitrogen and oxygen atoms in total. The fraction of sp³-hybridized carbons (Fsp3) is 0.240. The van der Waals surface area contributed by atoms with E-state index >= 15 is 0 Å². The van der Waals surface area contributed by atoms with Gasteiger partial charge in [-0.15, -0.1) is 0 Å². The van der Waals surface area contributed by atoms with Crippen LogP contribution in [0.25, 0.3) is 21.8 Å². The van der Waals surface area contributed by atoms with Crippen LogP contribution in [0.15, 0.2) is 60.9 Å². The highest BCUT2D eigenvalue weighted by molar-refractivity contribution is 5.93. The molecule has 7 N–H and O–H groups in total. The van der Waals surface area contributed by atoms with E-state index in [0.717, 1.165) is 32.9 Å². The topological polar surface area (TPSA) is 153 Å². The third kappa shape index (κ3) is 4.94. The molecule has 0 saturated heterocycles. The van der Waals surface area contributed by atoms with Crippen molar-refractivity contribution in [3.8, 4) is 0 Å². The van der Waals surface area contributed by atoms with Crippen LogP contribution < -0.4 is 16.4 Å². The summed E-state index contributed by atoms with van der Waals surface area (Å²) in [5.41, 5.74) is 9.08. The van der Waals surface area contributed by atoms with Crippen molar-refractivity contribution in [2.24, 2.45) is 5.73 Å². The SMILES string of the molecule is C[C@H](N)C(=O)N[C@@H](Cc1c[nH]c2ccccc12)C(=O)N[C@@H](Cc1c[nH]c2ccccc12)C(=O)O. The monoisotopic (exact) mass is 461 g/mol. The highest BCUT2D eigenvalue weighted by Gasteiger charge is 2.29. The van der Waals surface area contributed by atoms with Gasteiger partial charge in [-0.1, -0.05) is 36.4 Å². The second-order valence-electron chi connectivity index (χ2n) is 8.38. The van der Waals surface area contributed by atoms with Crippen LogP contribution in [0.3, 0.4) is 0 Å². The van der Waals surface area contributed by atoms with Crippen molar-refractivity contribution in [3.63, 3.8) is 0 Å². The lowest BCUT2D eigenvalue weighted by molar-refractivity contribution is -0.142. The van der Waals surface area contributed by atoms with E-state index in [4.69, 9.17) is 5.73 Å². The molecule has 0 bridgehead atoms. The van der Waals surface area contributed by atoms with Gasteiger partial charge in [-0.3, -0.25) is 9.59 Å². The molecular formula is C25H27N5O4. The van der Waals surface area contributed by atoms with E-state index in [1.165, 1.54) is 6.92 Å². The fourth-order valence-corrected chi connectivity index (χ4v) is 4.03. The minimum Gasteiger partial charge on any atom is -0.480 e. The first kappa shape index (κ1) is 23.1. The number of hydrogen-bond acceptors (Lipinski definition) is 4. The number of aliphatic carboxylic acids is 1. The van der Waals surface area contributed by atoms with Gasteiger partial charge in [-0.05, 0) is 30.2 Å². The minimum atomic E-state index is -1.18. The normalized spacial score (nSPS) is 13.9. The number of nitrogens with one attached hydrogen (secondary N) is 4. The maximum absolute atomic E-state index is 13.2. The highest BCUT2D eigenvalue weighted by Crippen LogP contribution is 2.21. The molecule has 0 unspecified atom stereocenters. The molecule has 2 aromatic carbocycles. The molecule has 0 fully saturated rings. The van der Waals surface area contributed by atoms with Gasteiger partial charge in [0, 0.05) is 47.0 Å². The van der Waals surface area contributed by atoms with E-state index in [1.807, 2.05) is 48.5 Å². The molecule has 176 valence electrons. The van der Waals surface area contributed by atoms with Gasteiger partial charge in [0.15, 0.2) is 0 Å². The number of aromatic amines is 2. The first-order valence-corrected chi connectivity index (χ1v) is 11.0. The number of carbonyl (C=O) groups excluding carboxylic acids is 2. The molecule has 0 aliphatic heterocycles. The second-order valence-corrected chi connectivity index (χ2v) is 8.38. The largest absolute Gasteiger partial charge is 0.480 e. The van der Waals surface area contributed by atoms with Gasteiger partial charge < -0.3 is 31.4 Å². The standard InChI is InChI=1S/C25H27N5O4/c1-14(26)23(31)29-21(10-15-12-27-19-8-4-2-6-17(15)19)24(32)30-22(25(33)34)11-16-13-28-20-9-5-3-7-18(16)20/h2-9,12-14,21-22,27-28H,10-11,26H2,1H3,(H,29,31)(H,30,32)(H,33,34)/t14-,21-,22-/m0/s1. The van der Waals surface area contributed by atoms with Crippen molar-refractivity contribution in [2.75, 3.05) is 0 Å². The summed E-state index contributed by atoms with van der Waals surface area (Å²) in [6.45, 7) is 1.52. The maximum Gasteiger partial charge on any atom is 0.326 e. The summed E-state index contributed by atoms with van der Waals surface area (Å²) in [6.07, 6.45) is 3.79. The van der Waals surface area contributed by atoms with Gasteiger partial charge in [0.25, 0.3) is 0 Å². The van der Waals surface area contributed by atoms with Crippen LogP contribution in [0.5, 0.6) is 0 Å². The third-order valence-electron chi connectivity index (χ3n) is 5.86.